The number of nitriles is 1. The van der Waals surface area contributed by atoms with Gasteiger partial charge < -0.3 is 25.0 Å². The predicted octanol–water partition coefficient (Wildman–Crippen LogP) is 4.99. The lowest BCUT2D eigenvalue weighted by Gasteiger charge is -2.39. The van der Waals surface area contributed by atoms with E-state index in [1.54, 1.807) is 11.3 Å². The Morgan fingerprint density at radius 2 is 2.00 bits per heavy atom. The van der Waals surface area contributed by atoms with Crippen molar-refractivity contribution < 1.29 is 14.0 Å². The maximum atomic E-state index is 10.1. The summed E-state index contributed by atoms with van der Waals surface area (Å²) in [4.78, 5) is 13.3. The van der Waals surface area contributed by atoms with Crippen LogP contribution in [0.25, 0.3) is 11.5 Å². The van der Waals surface area contributed by atoms with Gasteiger partial charge in [-0.2, -0.15) is 15.2 Å². The highest BCUT2D eigenvalue weighted by Gasteiger charge is 2.49. The molecule has 2 saturated heterocycles. The molecule has 4 atom stereocenters. The Bertz CT molecular complexity index is 1570. The van der Waals surface area contributed by atoms with E-state index in [2.05, 4.69) is 49.3 Å². The minimum absolute atomic E-state index is 0.00686. The third-order valence-electron chi connectivity index (χ3n) is 10.0. The third kappa shape index (κ3) is 4.97. The number of hydrogen-bond acceptors (Lipinski definition) is 11. The zero-order valence-corrected chi connectivity index (χ0v) is 26.4. The molecule has 0 saturated carbocycles. The molecular weight excluding hydrogens is 562 g/mol. The van der Waals surface area contributed by atoms with E-state index in [0.717, 1.165) is 81.3 Å². The van der Waals surface area contributed by atoms with Gasteiger partial charge in [0.25, 0.3) is 0 Å². The first-order valence-corrected chi connectivity index (χ1v) is 16.5. The summed E-state index contributed by atoms with van der Waals surface area (Å²) in [5.74, 6) is 2.26. The van der Waals surface area contributed by atoms with Gasteiger partial charge in [-0.05, 0) is 91.3 Å². The van der Waals surface area contributed by atoms with Crippen LogP contribution in [0.1, 0.15) is 93.0 Å². The average molecular weight is 604 g/mol. The van der Waals surface area contributed by atoms with Gasteiger partial charge in [0.1, 0.15) is 23.3 Å². The Labute approximate surface area is 257 Å². The van der Waals surface area contributed by atoms with Gasteiger partial charge >= 0.3 is 0 Å². The number of likely N-dealkylation sites (tertiary alicyclic amines) is 1. The summed E-state index contributed by atoms with van der Waals surface area (Å²) >= 11 is 1.55. The fourth-order valence-corrected chi connectivity index (χ4v) is 9.16. The Hall–Kier alpha value is -3.20. The number of aromatic nitrogens is 3. The van der Waals surface area contributed by atoms with Crippen molar-refractivity contribution in [3.8, 4) is 29.3 Å². The van der Waals surface area contributed by atoms with Crippen LogP contribution >= 0.6 is 11.3 Å². The number of nitrogen functional groups attached to an aromatic ring is 1. The molecule has 1 spiro atoms. The molecule has 7 rings (SSSR count). The van der Waals surface area contributed by atoms with Gasteiger partial charge in [0.05, 0.1) is 17.0 Å². The van der Waals surface area contributed by atoms with E-state index >= 15 is 0 Å². The summed E-state index contributed by atoms with van der Waals surface area (Å²) in [6.45, 7) is 8.30. The summed E-state index contributed by atoms with van der Waals surface area (Å²) in [5.41, 5.74) is 9.26. The monoisotopic (exact) mass is 603 g/mol. The number of thiophene rings is 1. The van der Waals surface area contributed by atoms with E-state index in [1.807, 2.05) is 6.07 Å². The van der Waals surface area contributed by atoms with Crippen molar-refractivity contribution in [2.75, 3.05) is 25.9 Å². The molecule has 2 aliphatic heterocycles. The van der Waals surface area contributed by atoms with Crippen LogP contribution in [0.5, 0.6) is 11.8 Å². The minimum Gasteiger partial charge on any atom is -0.473 e. The van der Waals surface area contributed by atoms with E-state index in [1.165, 1.54) is 11.3 Å². The lowest BCUT2D eigenvalue weighted by Crippen LogP contribution is -2.38. The number of nitrogens with two attached hydrogens (primary N) is 1. The van der Waals surface area contributed by atoms with Crippen LogP contribution < -0.4 is 20.5 Å². The highest BCUT2D eigenvalue weighted by atomic mass is 32.1. The number of aryl methyl sites for hydroxylation is 1. The molecule has 0 bridgehead atoms. The summed E-state index contributed by atoms with van der Waals surface area (Å²) in [6, 6.07) is 4.54. The first-order valence-electron chi connectivity index (χ1n) is 15.7. The number of fused-ring (bicyclic) bond motifs is 4. The molecule has 11 heteroatoms. The van der Waals surface area contributed by atoms with Crippen molar-refractivity contribution in [2.45, 2.75) is 108 Å². The Morgan fingerprint density at radius 1 is 1.21 bits per heavy atom. The largest absolute Gasteiger partial charge is 0.473 e. The number of likely N-dealkylation sites (N-methyl/N-ethyl adjacent to an activating group) is 1. The Morgan fingerprint density at radius 3 is 2.72 bits per heavy atom. The first kappa shape index (κ1) is 28.6. The van der Waals surface area contributed by atoms with Gasteiger partial charge in [-0.3, -0.25) is 4.90 Å². The molecular formula is C32H41N7O3S. The molecule has 4 aliphatic rings. The van der Waals surface area contributed by atoms with Crippen LogP contribution in [0.2, 0.25) is 0 Å². The maximum absolute atomic E-state index is 10.1. The molecule has 3 N–H and O–H groups in total. The number of anilines is 1. The molecule has 3 aromatic heterocycles. The summed E-state index contributed by atoms with van der Waals surface area (Å²) in [5, 5.41) is 18.8. The lowest BCUT2D eigenvalue weighted by molar-refractivity contribution is 0.116. The molecule has 5 heterocycles. The molecule has 228 valence electrons. The third-order valence-corrected chi connectivity index (χ3v) is 11.1. The number of ether oxygens (including phenoxy) is 2. The van der Waals surface area contributed by atoms with E-state index in [9.17, 15) is 5.26 Å². The molecule has 0 unspecified atom stereocenters. The van der Waals surface area contributed by atoms with Crippen LogP contribution in [0.15, 0.2) is 10.6 Å². The first-order chi connectivity index (χ1) is 20.7. The van der Waals surface area contributed by atoms with Crippen LogP contribution in [-0.4, -0.2) is 64.0 Å². The van der Waals surface area contributed by atoms with E-state index in [4.69, 9.17) is 29.7 Å². The van der Waals surface area contributed by atoms with Crippen LogP contribution in [0.3, 0.4) is 0 Å². The minimum atomic E-state index is -0.401. The quantitative estimate of drug-likeness (QED) is 0.397. The molecule has 43 heavy (non-hydrogen) atoms. The standard InChI is InChI=1S/C32H41N7O3S/c1-18(22-9-7-13-39(22)4)40-24-14-25(41-19-15-31(2,3)35-17-19)37-30(36-24)27-20-8-5-11-32(28(20)42-38-27)12-6-10-23-26(32)21(16-33)29(34)43-23/h14,18-19,22,35H,5-13,15,17,34H2,1-4H3/t18-,19+,22-,32-/m0/s1. The molecule has 10 nitrogen and oxygen atoms in total. The molecule has 0 radical (unpaired) electrons. The molecule has 0 amide bonds. The fourth-order valence-electron chi connectivity index (χ4n) is 8.00. The smallest absolute Gasteiger partial charge is 0.221 e. The predicted molar refractivity (Wildman–Crippen MR) is 164 cm³/mol. The van der Waals surface area contributed by atoms with Gasteiger partial charge in [-0.15, -0.1) is 11.3 Å². The van der Waals surface area contributed by atoms with Gasteiger partial charge in [0.2, 0.25) is 11.8 Å². The normalized spacial score (nSPS) is 27.0. The topological polar surface area (TPSA) is 135 Å². The van der Waals surface area contributed by atoms with Crippen LogP contribution in [0.4, 0.5) is 5.00 Å². The van der Waals surface area contributed by atoms with Crippen molar-refractivity contribution in [2.24, 2.45) is 0 Å². The van der Waals surface area contributed by atoms with Crippen LogP contribution in [-0.2, 0) is 18.3 Å². The molecule has 3 aromatic rings. The molecule has 2 fully saturated rings. The zero-order valence-electron chi connectivity index (χ0n) is 25.5. The molecule has 2 aliphatic carbocycles. The van der Waals surface area contributed by atoms with Gasteiger partial charge in [-0.1, -0.05) is 5.16 Å². The fraction of sp³-hybridized carbons (Fsp3) is 0.625. The number of rotatable bonds is 6. The average Bonchev–Trinajstić information content (AvgIpc) is 3.74. The van der Waals surface area contributed by atoms with Crippen LogP contribution in [0, 0.1) is 11.3 Å². The second-order valence-corrected chi connectivity index (χ2v) is 14.6. The SMILES string of the molecule is C[C@H](Oc1cc(O[C@H]2CNC(C)(C)C2)nc(-c2noc3c2CCC[C@@]32CCCc3sc(N)c(C#N)c32)n1)[C@@H]1CCCN1C. The summed E-state index contributed by atoms with van der Waals surface area (Å²) in [7, 11) is 2.15. The van der Waals surface area contributed by atoms with Crippen molar-refractivity contribution in [1.82, 2.24) is 25.3 Å². The van der Waals surface area contributed by atoms with E-state index in [0.29, 0.717) is 39.9 Å². The lowest BCUT2D eigenvalue weighted by atomic mass is 9.63. The summed E-state index contributed by atoms with van der Waals surface area (Å²) < 4.78 is 19.2. The Kier molecular flexibility index (Phi) is 7.14. The van der Waals surface area contributed by atoms with Crippen molar-refractivity contribution in [3.63, 3.8) is 0 Å². The summed E-state index contributed by atoms with van der Waals surface area (Å²) in [6.07, 6.45) is 8.62. The highest BCUT2D eigenvalue weighted by Crippen LogP contribution is 2.55. The van der Waals surface area contributed by atoms with Crippen molar-refractivity contribution >= 4 is 16.3 Å². The Balaban J connectivity index is 1.28. The number of hydrogen-bond donors (Lipinski definition) is 2. The number of nitrogens with one attached hydrogen (secondary N) is 1. The zero-order chi connectivity index (χ0) is 29.9. The second kappa shape index (κ2) is 10.8. The van der Waals surface area contributed by atoms with E-state index < -0.39 is 5.41 Å². The van der Waals surface area contributed by atoms with Gasteiger partial charge in [-0.25, -0.2) is 0 Å². The van der Waals surface area contributed by atoms with Gasteiger partial charge in [0.15, 0.2) is 17.3 Å². The molecule has 0 aromatic carbocycles. The number of nitrogens with zero attached hydrogens (tertiary/aromatic N) is 5. The van der Waals surface area contributed by atoms with Gasteiger partial charge in [0, 0.05) is 35.0 Å². The maximum Gasteiger partial charge on any atom is 0.221 e. The van der Waals surface area contributed by atoms with Crippen molar-refractivity contribution in [1.29, 1.82) is 5.26 Å². The van der Waals surface area contributed by atoms with E-state index in [-0.39, 0.29) is 17.7 Å². The second-order valence-electron chi connectivity index (χ2n) is 13.5. The highest BCUT2D eigenvalue weighted by molar-refractivity contribution is 7.16. The van der Waals surface area contributed by atoms with Crippen molar-refractivity contribution in [3.05, 3.63) is 33.4 Å².